The van der Waals surface area contributed by atoms with Gasteiger partial charge in [-0.1, -0.05) is 20.8 Å². The summed E-state index contributed by atoms with van der Waals surface area (Å²) in [6.07, 6.45) is 3.45. The summed E-state index contributed by atoms with van der Waals surface area (Å²) < 4.78 is 5.37. The predicted octanol–water partition coefficient (Wildman–Crippen LogP) is 3.05. The molecule has 3 heteroatoms. The van der Waals surface area contributed by atoms with Gasteiger partial charge in [-0.3, -0.25) is 0 Å². The standard InChI is InChI=1S/C13H26ClNO/c1-13(2,3)12(4-7-14)15-10-11-5-8-16-9-6-11/h11-12,15H,4-10H2,1-3H3. The molecule has 1 unspecified atom stereocenters. The van der Waals surface area contributed by atoms with Crippen molar-refractivity contribution in [1.82, 2.24) is 5.32 Å². The van der Waals surface area contributed by atoms with E-state index in [4.69, 9.17) is 16.3 Å². The van der Waals surface area contributed by atoms with Gasteiger partial charge in [0.1, 0.15) is 0 Å². The van der Waals surface area contributed by atoms with Crippen molar-refractivity contribution in [2.75, 3.05) is 25.6 Å². The lowest BCUT2D eigenvalue weighted by Crippen LogP contribution is -2.43. The lowest BCUT2D eigenvalue weighted by atomic mass is 9.84. The van der Waals surface area contributed by atoms with Crippen LogP contribution in [0, 0.1) is 11.3 Å². The summed E-state index contributed by atoms with van der Waals surface area (Å²) in [4.78, 5) is 0. The Hall–Kier alpha value is 0.210. The van der Waals surface area contributed by atoms with E-state index in [1.54, 1.807) is 0 Å². The third-order valence-corrected chi connectivity index (χ3v) is 3.66. The first-order valence-electron chi connectivity index (χ1n) is 6.41. The van der Waals surface area contributed by atoms with E-state index in [2.05, 4.69) is 26.1 Å². The Morgan fingerprint density at radius 3 is 2.44 bits per heavy atom. The van der Waals surface area contributed by atoms with Crippen molar-refractivity contribution in [2.45, 2.75) is 46.1 Å². The van der Waals surface area contributed by atoms with E-state index in [0.717, 1.165) is 38.0 Å². The maximum Gasteiger partial charge on any atom is 0.0469 e. The molecular formula is C13H26ClNO. The highest BCUT2D eigenvalue weighted by Gasteiger charge is 2.24. The van der Waals surface area contributed by atoms with Gasteiger partial charge in [0.25, 0.3) is 0 Å². The van der Waals surface area contributed by atoms with Gasteiger partial charge in [-0.15, -0.1) is 11.6 Å². The fourth-order valence-corrected chi connectivity index (χ4v) is 2.43. The Kier molecular flexibility index (Phi) is 6.09. The fraction of sp³-hybridized carbons (Fsp3) is 1.00. The molecule has 0 aromatic rings. The van der Waals surface area contributed by atoms with Crippen molar-refractivity contribution in [3.8, 4) is 0 Å². The van der Waals surface area contributed by atoms with E-state index in [-0.39, 0.29) is 0 Å². The van der Waals surface area contributed by atoms with Crippen LogP contribution in [-0.4, -0.2) is 31.7 Å². The molecule has 96 valence electrons. The molecule has 16 heavy (non-hydrogen) atoms. The molecule has 0 aliphatic carbocycles. The zero-order valence-electron chi connectivity index (χ0n) is 10.9. The van der Waals surface area contributed by atoms with Crippen LogP contribution in [0.15, 0.2) is 0 Å². The second-order valence-corrected chi connectivity index (χ2v) is 6.24. The van der Waals surface area contributed by atoms with Gasteiger partial charge in [-0.2, -0.15) is 0 Å². The number of hydrogen-bond acceptors (Lipinski definition) is 2. The third-order valence-electron chi connectivity index (χ3n) is 3.44. The predicted molar refractivity (Wildman–Crippen MR) is 70.1 cm³/mol. The van der Waals surface area contributed by atoms with Crippen molar-refractivity contribution in [3.63, 3.8) is 0 Å². The highest BCUT2D eigenvalue weighted by Crippen LogP contribution is 2.23. The van der Waals surface area contributed by atoms with Crippen LogP contribution in [-0.2, 0) is 4.74 Å². The molecule has 1 rings (SSSR count). The minimum Gasteiger partial charge on any atom is -0.381 e. The van der Waals surface area contributed by atoms with Gasteiger partial charge >= 0.3 is 0 Å². The molecule has 1 heterocycles. The maximum absolute atomic E-state index is 5.86. The second-order valence-electron chi connectivity index (χ2n) is 5.86. The molecule has 1 N–H and O–H groups in total. The lowest BCUT2D eigenvalue weighted by Gasteiger charge is -2.33. The lowest BCUT2D eigenvalue weighted by molar-refractivity contribution is 0.0637. The van der Waals surface area contributed by atoms with Gasteiger partial charge in [-0.25, -0.2) is 0 Å². The minimum absolute atomic E-state index is 0.292. The normalized spacial score (nSPS) is 21.0. The van der Waals surface area contributed by atoms with Gasteiger partial charge in [0, 0.05) is 25.1 Å². The van der Waals surface area contributed by atoms with Crippen LogP contribution in [0.25, 0.3) is 0 Å². The molecule has 0 bridgehead atoms. The van der Waals surface area contributed by atoms with Crippen LogP contribution < -0.4 is 5.32 Å². The van der Waals surface area contributed by atoms with Crippen molar-refractivity contribution in [3.05, 3.63) is 0 Å². The number of rotatable bonds is 5. The van der Waals surface area contributed by atoms with E-state index in [1.807, 2.05) is 0 Å². The molecule has 0 aromatic heterocycles. The smallest absolute Gasteiger partial charge is 0.0469 e. The summed E-state index contributed by atoms with van der Waals surface area (Å²) in [6.45, 7) is 9.82. The van der Waals surface area contributed by atoms with Gasteiger partial charge in [0.15, 0.2) is 0 Å². The summed E-state index contributed by atoms with van der Waals surface area (Å²) in [5.41, 5.74) is 0.292. The van der Waals surface area contributed by atoms with Crippen molar-refractivity contribution in [1.29, 1.82) is 0 Å². The van der Waals surface area contributed by atoms with Gasteiger partial charge < -0.3 is 10.1 Å². The number of hydrogen-bond donors (Lipinski definition) is 1. The Labute approximate surface area is 105 Å². The molecule has 0 amide bonds. The fourth-order valence-electron chi connectivity index (χ4n) is 2.21. The summed E-state index contributed by atoms with van der Waals surface area (Å²) in [5.74, 6) is 1.52. The topological polar surface area (TPSA) is 21.3 Å². The van der Waals surface area contributed by atoms with Crippen LogP contribution in [0.4, 0.5) is 0 Å². The van der Waals surface area contributed by atoms with Crippen LogP contribution >= 0.6 is 11.6 Å². The summed E-state index contributed by atoms with van der Waals surface area (Å²) >= 11 is 5.86. The maximum atomic E-state index is 5.86. The molecule has 1 aliphatic rings. The zero-order valence-corrected chi connectivity index (χ0v) is 11.6. The molecule has 0 saturated carbocycles. The summed E-state index contributed by atoms with van der Waals surface area (Å²) in [7, 11) is 0. The molecule has 1 atom stereocenters. The van der Waals surface area contributed by atoms with Crippen LogP contribution in [0.3, 0.4) is 0 Å². The van der Waals surface area contributed by atoms with Gasteiger partial charge in [0.2, 0.25) is 0 Å². The Balaban J connectivity index is 2.31. The molecule has 1 aliphatic heterocycles. The van der Waals surface area contributed by atoms with Gasteiger partial charge in [-0.05, 0) is 37.1 Å². The van der Waals surface area contributed by atoms with Crippen LogP contribution in [0.2, 0.25) is 0 Å². The molecule has 1 saturated heterocycles. The number of ether oxygens (including phenoxy) is 1. The van der Waals surface area contributed by atoms with Crippen molar-refractivity contribution in [2.24, 2.45) is 11.3 Å². The monoisotopic (exact) mass is 247 g/mol. The molecule has 2 nitrogen and oxygen atoms in total. The highest BCUT2D eigenvalue weighted by atomic mass is 35.5. The molecular weight excluding hydrogens is 222 g/mol. The largest absolute Gasteiger partial charge is 0.381 e. The number of alkyl halides is 1. The van der Waals surface area contributed by atoms with Crippen LogP contribution in [0.1, 0.15) is 40.0 Å². The minimum atomic E-state index is 0.292. The molecule has 0 radical (unpaired) electrons. The highest BCUT2D eigenvalue weighted by molar-refractivity contribution is 6.17. The van der Waals surface area contributed by atoms with E-state index in [9.17, 15) is 0 Å². The Morgan fingerprint density at radius 1 is 1.31 bits per heavy atom. The van der Waals surface area contributed by atoms with Crippen molar-refractivity contribution < 1.29 is 4.74 Å². The average Bonchev–Trinajstić information content (AvgIpc) is 2.24. The second kappa shape index (κ2) is 6.83. The van der Waals surface area contributed by atoms with E-state index >= 15 is 0 Å². The number of nitrogens with one attached hydrogen (secondary N) is 1. The van der Waals surface area contributed by atoms with Gasteiger partial charge in [0.05, 0.1) is 0 Å². The number of halogens is 1. The molecule has 0 spiro atoms. The first-order chi connectivity index (χ1) is 7.54. The van der Waals surface area contributed by atoms with E-state index in [1.165, 1.54) is 12.8 Å². The quantitative estimate of drug-likeness (QED) is 0.754. The molecule has 1 fully saturated rings. The van der Waals surface area contributed by atoms with E-state index in [0.29, 0.717) is 11.5 Å². The Bertz CT molecular complexity index is 185. The third kappa shape index (κ3) is 5.03. The SMILES string of the molecule is CC(C)(C)C(CCCl)NCC1CCOCC1. The zero-order chi connectivity index (χ0) is 12.0. The van der Waals surface area contributed by atoms with Crippen molar-refractivity contribution >= 4 is 11.6 Å². The van der Waals surface area contributed by atoms with E-state index < -0.39 is 0 Å². The van der Waals surface area contributed by atoms with Crippen LogP contribution in [0.5, 0.6) is 0 Å². The summed E-state index contributed by atoms with van der Waals surface area (Å²) in [5, 5.41) is 3.69. The first-order valence-corrected chi connectivity index (χ1v) is 6.94. The average molecular weight is 248 g/mol. The Morgan fingerprint density at radius 2 is 1.94 bits per heavy atom. The molecule has 0 aromatic carbocycles. The first kappa shape index (κ1) is 14.3. The summed E-state index contributed by atoms with van der Waals surface area (Å²) in [6, 6.07) is 0.521.